The fourth-order valence-corrected chi connectivity index (χ4v) is 7.04. The van der Waals surface area contributed by atoms with E-state index in [9.17, 15) is 22.9 Å². The third-order valence-electron chi connectivity index (χ3n) is 7.75. The van der Waals surface area contributed by atoms with Gasteiger partial charge in [0, 0.05) is 22.1 Å². The van der Waals surface area contributed by atoms with Gasteiger partial charge in [0.05, 0.1) is 21.3 Å². The number of nitroso groups, excluding NO2 is 1. The summed E-state index contributed by atoms with van der Waals surface area (Å²) in [5.74, 6) is 4.32. The fourth-order valence-electron chi connectivity index (χ4n) is 5.05. The average molecular weight is 718 g/mol. The van der Waals surface area contributed by atoms with Gasteiger partial charge in [-0.25, -0.2) is 4.79 Å². The van der Waals surface area contributed by atoms with E-state index in [0.717, 1.165) is 36.3 Å². The summed E-state index contributed by atoms with van der Waals surface area (Å²) in [6.07, 6.45) is 12.1. The SMILES string of the molecule is CC(C)=CCC/C(C)=C/CC/C(C)=C/CSc1ccccc1C(=O)N1CCC[C@H]1C(=O)OCC#CCOC(=[C-]S(=O)(=O)c1ccccc1)N=O. The Hall–Kier alpha value is -4.40. The predicted molar refractivity (Wildman–Crippen MR) is 198 cm³/mol. The minimum absolute atomic E-state index is 0.0669. The Kier molecular flexibility index (Phi) is 16.8. The lowest BCUT2D eigenvalue weighted by atomic mass is 10.1. The molecule has 0 spiro atoms. The van der Waals surface area contributed by atoms with Gasteiger partial charge >= 0.3 is 5.97 Å². The van der Waals surface area contributed by atoms with Crippen LogP contribution in [0, 0.1) is 22.2 Å². The number of carbonyl (C=O) groups is 2. The minimum atomic E-state index is -4.06. The zero-order valence-electron chi connectivity index (χ0n) is 29.1. The summed E-state index contributed by atoms with van der Waals surface area (Å²) in [4.78, 5) is 40.0. The first-order valence-electron chi connectivity index (χ1n) is 16.5. The summed E-state index contributed by atoms with van der Waals surface area (Å²) >= 11 is 1.59. The third-order valence-corrected chi connectivity index (χ3v) is 10.1. The van der Waals surface area contributed by atoms with Gasteiger partial charge in [0.15, 0.2) is 6.61 Å². The Morgan fingerprint density at radius 3 is 2.26 bits per heavy atom. The average Bonchev–Trinajstić information content (AvgIpc) is 3.59. The molecule has 1 atom stereocenters. The molecule has 0 unspecified atom stereocenters. The predicted octanol–water partition coefficient (Wildman–Crippen LogP) is 8.21. The molecule has 3 rings (SSSR count). The lowest BCUT2D eigenvalue weighted by Crippen LogP contribution is -2.41. The Balaban J connectivity index is 1.49. The van der Waals surface area contributed by atoms with Crippen molar-refractivity contribution < 1.29 is 27.5 Å². The molecular weight excluding hydrogens is 673 g/mol. The standard InChI is InChI=1S/C39H45N2O7S2/c1-30(2)15-12-16-31(3)17-13-18-32(4)24-28-49-36-23-9-8-21-34(36)38(42)41-25-14-22-35(41)39(43)48-27-11-10-26-47-37(40-44)29-50(45,46)33-19-6-5-7-20-33/h5-9,15,17,19-21,23-24,35H,12-14,16,18,22,25-28H2,1-4H3/q-1/b31-17+,32-24+/t35-/m0/s1. The number of hydrogen-bond donors (Lipinski definition) is 0. The molecule has 0 bridgehead atoms. The zero-order valence-corrected chi connectivity index (χ0v) is 30.8. The number of esters is 1. The second-order valence-corrected chi connectivity index (χ2v) is 14.7. The summed E-state index contributed by atoms with van der Waals surface area (Å²) in [5.41, 5.74) is 4.62. The van der Waals surface area contributed by atoms with E-state index >= 15 is 0 Å². The highest BCUT2D eigenvalue weighted by atomic mass is 32.2. The van der Waals surface area contributed by atoms with Crippen LogP contribution in [0.5, 0.6) is 0 Å². The van der Waals surface area contributed by atoms with E-state index < -0.39 is 27.7 Å². The quantitative estimate of drug-likeness (QED) is 0.0306. The number of allylic oxidation sites excluding steroid dienone is 5. The second-order valence-electron chi connectivity index (χ2n) is 12.0. The maximum atomic E-state index is 13.6. The van der Waals surface area contributed by atoms with E-state index in [-0.39, 0.29) is 24.0 Å². The summed E-state index contributed by atoms with van der Waals surface area (Å²) in [6.45, 7) is 8.36. The highest BCUT2D eigenvalue weighted by molar-refractivity contribution is 7.99. The lowest BCUT2D eigenvalue weighted by Gasteiger charge is -2.24. The van der Waals surface area contributed by atoms with Gasteiger partial charge in [-0.05, 0) is 95.7 Å². The van der Waals surface area contributed by atoms with Crippen molar-refractivity contribution in [1.82, 2.24) is 4.90 Å². The second kappa shape index (κ2) is 21.0. The molecule has 1 aliphatic rings. The number of amides is 1. The molecule has 0 N–H and O–H groups in total. The summed E-state index contributed by atoms with van der Waals surface area (Å²) < 4.78 is 35.0. The Morgan fingerprint density at radius 2 is 1.56 bits per heavy atom. The topological polar surface area (TPSA) is 119 Å². The van der Waals surface area contributed by atoms with Crippen LogP contribution < -0.4 is 0 Å². The molecule has 0 saturated carbocycles. The Morgan fingerprint density at radius 1 is 0.920 bits per heavy atom. The number of nitrogens with zero attached hydrogens (tertiary/aromatic N) is 2. The van der Waals surface area contributed by atoms with Crippen LogP contribution >= 0.6 is 11.8 Å². The van der Waals surface area contributed by atoms with Crippen molar-refractivity contribution in [2.45, 2.75) is 82.1 Å². The van der Waals surface area contributed by atoms with Crippen LogP contribution in [-0.2, 0) is 24.1 Å². The summed E-state index contributed by atoms with van der Waals surface area (Å²) in [7, 11) is -4.06. The van der Waals surface area contributed by atoms with Crippen molar-refractivity contribution in [3.63, 3.8) is 0 Å². The molecule has 1 fully saturated rings. The van der Waals surface area contributed by atoms with Gasteiger partial charge in [0.25, 0.3) is 5.91 Å². The summed E-state index contributed by atoms with van der Waals surface area (Å²) in [6, 6.07) is 14.1. The first kappa shape index (κ1) is 40.0. The molecule has 9 nitrogen and oxygen atoms in total. The molecule has 266 valence electrons. The number of thioether (sulfide) groups is 1. The van der Waals surface area contributed by atoms with Crippen LogP contribution in [0.2, 0.25) is 0 Å². The maximum absolute atomic E-state index is 13.6. The number of benzene rings is 2. The number of carbonyl (C=O) groups excluding carboxylic acids is 2. The fraction of sp³-hybridized carbons (Fsp3) is 0.385. The Bertz CT molecular complexity index is 1760. The van der Waals surface area contributed by atoms with E-state index in [1.807, 2.05) is 23.6 Å². The van der Waals surface area contributed by atoms with Crippen LogP contribution in [0.1, 0.15) is 76.6 Å². The number of sulfone groups is 1. The highest BCUT2D eigenvalue weighted by Gasteiger charge is 2.36. The first-order chi connectivity index (χ1) is 24.0. The monoisotopic (exact) mass is 717 g/mol. The number of ether oxygens (including phenoxy) is 2. The van der Waals surface area contributed by atoms with E-state index in [2.05, 4.69) is 62.9 Å². The smallest absolute Gasteiger partial charge is 0.329 e. The molecule has 1 heterocycles. The van der Waals surface area contributed by atoms with E-state index in [0.29, 0.717) is 24.9 Å². The maximum Gasteiger partial charge on any atom is 0.329 e. The van der Waals surface area contributed by atoms with Crippen molar-refractivity contribution in [2.75, 3.05) is 25.5 Å². The molecule has 0 radical (unpaired) electrons. The molecule has 1 amide bonds. The highest BCUT2D eigenvalue weighted by Crippen LogP contribution is 2.28. The van der Waals surface area contributed by atoms with Gasteiger partial charge in [0.2, 0.25) is 0 Å². The number of rotatable bonds is 17. The van der Waals surface area contributed by atoms with Gasteiger partial charge in [-0.3, -0.25) is 18.6 Å². The van der Waals surface area contributed by atoms with Crippen LogP contribution in [-0.4, -0.2) is 56.7 Å². The molecule has 0 aromatic heterocycles. The molecule has 1 aliphatic heterocycles. The van der Waals surface area contributed by atoms with E-state index in [1.165, 1.54) is 41.0 Å². The van der Waals surface area contributed by atoms with Crippen molar-refractivity contribution in [3.8, 4) is 11.8 Å². The molecule has 2 aromatic rings. The van der Waals surface area contributed by atoms with Crippen LogP contribution in [0.4, 0.5) is 0 Å². The number of hydrogen-bond acceptors (Lipinski definition) is 9. The lowest BCUT2D eigenvalue weighted by molar-refractivity contribution is -0.146. The van der Waals surface area contributed by atoms with Gasteiger partial charge in [0.1, 0.15) is 12.6 Å². The van der Waals surface area contributed by atoms with Gasteiger partial charge in [-0.1, -0.05) is 77.1 Å². The Labute approximate surface area is 300 Å². The van der Waals surface area contributed by atoms with Gasteiger partial charge in [-0.15, -0.1) is 16.7 Å². The van der Waals surface area contributed by atoms with Gasteiger partial charge in [-0.2, -0.15) is 0 Å². The van der Waals surface area contributed by atoms with E-state index in [4.69, 9.17) is 9.47 Å². The van der Waals surface area contributed by atoms with Crippen LogP contribution in [0.3, 0.4) is 0 Å². The van der Waals surface area contributed by atoms with Crippen molar-refractivity contribution in [3.05, 3.63) is 111 Å². The molecule has 0 aliphatic carbocycles. The molecule has 11 heteroatoms. The van der Waals surface area contributed by atoms with Gasteiger partial charge < -0.3 is 14.4 Å². The first-order valence-corrected chi connectivity index (χ1v) is 19.0. The molecule has 2 aromatic carbocycles. The van der Waals surface area contributed by atoms with E-state index in [1.54, 1.807) is 28.8 Å². The molecule has 1 saturated heterocycles. The van der Waals surface area contributed by atoms with Crippen molar-refractivity contribution in [1.29, 1.82) is 0 Å². The largest absolute Gasteiger partial charge is 0.495 e. The molecular formula is C39H45N2O7S2-. The van der Waals surface area contributed by atoms with Crippen LogP contribution in [0.15, 0.2) is 110 Å². The zero-order chi connectivity index (χ0) is 36.4. The van der Waals surface area contributed by atoms with Crippen molar-refractivity contribution >= 4 is 33.5 Å². The number of likely N-dealkylation sites (tertiary alicyclic amines) is 1. The summed E-state index contributed by atoms with van der Waals surface area (Å²) in [5, 5.41) is 4.52. The minimum Gasteiger partial charge on any atom is -0.495 e. The van der Waals surface area contributed by atoms with Crippen molar-refractivity contribution in [2.24, 2.45) is 5.18 Å². The normalized spacial score (nSPS) is 15.2. The third kappa shape index (κ3) is 13.5. The molecule has 50 heavy (non-hydrogen) atoms. The van der Waals surface area contributed by atoms with Crippen LogP contribution in [0.25, 0.3) is 0 Å².